The zero-order valence-electron chi connectivity index (χ0n) is 24.7. The molecule has 0 saturated carbocycles. The second kappa shape index (κ2) is 13.5. The van der Waals surface area contributed by atoms with Gasteiger partial charge >= 0.3 is 0 Å². The minimum absolute atomic E-state index is 0.0577. The van der Waals surface area contributed by atoms with Crippen LogP contribution in [0.3, 0.4) is 0 Å². The Morgan fingerprint density at radius 1 is 0.929 bits per heavy atom. The number of piperidine rings is 1. The SMILES string of the molecule is CC(=O)N1CCC(Nc2cc(C(=O)NCC(O)CN3CCc4ccccc4C3)nc(N3CCN(C(C)=O)CC3)c2)CC1. The van der Waals surface area contributed by atoms with E-state index in [1.807, 2.05) is 21.9 Å². The van der Waals surface area contributed by atoms with Crippen LogP contribution in [-0.2, 0) is 22.6 Å². The number of fused-ring (bicyclic) bond motifs is 1. The third-order valence-corrected chi connectivity index (χ3v) is 8.58. The first-order valence-electron chi connectivity index (χ1n) is 15.0. The Hall–Kier alpha value is -3.70. The molecule has 3 N–H and O–H groups in total. The van der Waals surface area contributed by atoms with Crippen LogP contribution in [0.4, 0.5) is 11.5 Å². The maximum atomic E-state index is 13.3. The maximum Gasteiger partial charge on any atom is 0.270 e. The van der Waals surface area contributed by atoms with Crippen LogP contribution in [-0.4, -0.2) is 114 Å². The average Bonchev–Trinajstić information content (AvgIpc) is 3.00. The molecule has 2 aromatic rings. The molecule has 0 bridgehead atoms. The number of piperazine rings is 1. The lowest BCUT2D eigenvalue weighted by molar-refractivity contribution is -0.130. The van der Waals surface area contributed by atoms with Gasteiger partial charge in [0, 0.05) is 97.1 Å². The van der Waals surface area contributed by atoms with Gasteiger partial charge in [-0.15, -0.1) is 0 Å². The summed E-state index contributed by atoms with van der Waals surface area (Å²) in [6.07, 6.45) is 1.90. The Kier molecular flexibility index (Phi) is 9.58. The van der Waals surface area contributed by atoms with Crippen LogP contribution in [0.1, 0.15) is 48.3 Å². The molecule has 2 fully saturated rings. The number of pyridine rings is 1. The standard InChI is InChI=1S/C31H43N7O4/c1-22(39)36-11-8-26(9-12-36)33-27-17-29(34-30(18-27)38-15-13-37(14-16-38)23(2)40)31(42)32-19-28(41)21-35-10-7-24-5-3-4-6-25(24)20-35/h3-6,17-18,26,28,41H,7-16,19-21H2,1-2H3,(H,32,42)(H,33,34). The van der Waals surface area contributed by atoms with Crippen molar-refractivity contribution in [3.8, 4) is 0 Å². The summed E-state index contributed by atoms with van der Waals surface area (Å²) >= 11 is 0. The lowest BCUT2D eigenvalue weighted by Crippen LogP contribution is -2.48. The van der Waals surface area contributed by atoms with E-state index in [2.05, 4.69) is 38.6 Å². The molecule has 11 heteroatoms. The largest absolute Gasteiger partial charge is 0.390 e. The molecular weight excluding hydrogens is 534 g/mol. The molecule has 3 amide bonds. The average molecular weight is 578 g/mol. The number of aromatic nitrogens is 1. The highest BCUT2D eigenvalue weighted by molar-refractivity contribution is 5.93. The van der Waals surface area contributed by atoms with E-state index in [1.54, 1.807) is 19.9 Å². The van der Waals surface area contributed by atoms with Crippen molar-refractivity contribution in [3.63, 3.8) is 0 Å². The number of likely N-dealkylation sites (tertiary alicyclic amines) is 1. The Bertz CT molecular complexity index is 1270. The molecule has 0 aliphatic carbocycles. The fraction of sp³-hybridized carbons (Fsp3) is 0.548. The van der Waals surface area contributed by atoms with E-state index in [4.69, 9.17) is 4.98 Å². The van der Waals surface area contributed by atoms with E-state index in [0.717, 1.165) is 38.0 Å². The number of β-amino-alcohol motifs (C(OH)–C–C–N with tert-alkyl or cyclic N) is 1. The second-order valence-corrected chi connectivity index (χ2v) is 11.6. The minimum atomic E-state index is -0.703. The Morgan fingerprint density at radius 2 is 1.60 bits per heavy atom. The number of benzene rings is 1. The smallest absolute Gasteiger partial charge is 0.270 e. The van der Waals surface area contributed by atoms with Gasteiger partial charge in [0.1, 0.15) is 11.5 Å². The summed E-state index contributed by atoms with van der Waals surface area (Å²) in [7, 11) is 0. The maximum absolute atomic E-state index is 13.3. The number of carbonyl (C=O) groups excluding carboxylic acids is 3. The first-order chi connectivity index (χ1) is 20.2. The van der Waals surface area contributed by atoms with Crippen molar-refractivity contribution in [2.75, 3.05) is 69.1 Å². The summed E-state index contributed by atoms with van der Waals surface area (Å²) in [5, 5.41) is 17.2. The van der Waals surface area contributed by atoms with E-state index >= 15 is 0 Å². The lowest BCUT2D eigenvalue weighted by atomic mass is 10.00. The molecule has 226 valence electrons. The number of hydrogen-bond donors (Lipinski definition) is 3. The fourth-order valence-electron chi connectivity index (χ4n) is 6.08. The number of hydrogen-bond acceptors (Lipinski definition) is 8. The van der Waals surface area contributed by atoms with Crippen LogP contribution in [0, 0.1) is 0 Å². The first-order valence-corrected chi connectivity index (χ1v) is 15.0. The third-order valence-electron chi connectivity index (χ3n) is 8.58. The van der Waals surface area contributed by atoms with Crippen molar-refractivity contribution in [3.05, 3.63) is 53.2 Å². The van der Waals surface area contributed by atoms with Crippen molar-refractivity contribution in [2.24, 2.45) is 0 Å². The molecular formula is C31H43N7O4. The van der Waals surface area contributed by atoms with E-state index in [-0.39, 0.29) is 36.0 Å². The Morgan fingerprint density at radius 3 is 2.29 bits per heavy atom. The lowest BCUT2D eigenvalue weighted by Gasteiger charge is -2.35. The Labute approximate surface area is 247 Å². The summed E-state index contributed by atoms with van der Waals surface area (Å²) in [6, 6.07) is 12.3. The summed E-state index contributed by atoms with van der Waals surface area (Å²) < 4.78 is 0. The molecule has 3 aliphatic rings. The monoisotopic (exact) mass is 577 g/mol. The molecule has 1 aromatic carbocycles. The van der Waals surface area contributed by atoms with Gasteiger partial charge in [-0.2, -0.15) is 0 Å². The van der Waals surface area contributed by atoms with Crippen LogP contribution >= 0.6 is 0 Å². The summed E-state index contributed by atoms with van der Waals surface area (Å²) in [5.74, 6) is 0.497. The molecule has 2 saturated heterocycles. The predicted molar refractivity (Wildman–Crippen MR) is 161 cm³/mol. The van der Waals surface area contributed by atoms with Gasteiger partial charge in [0.25, 0.3) is 5.91 Å². The van der Waals surface area contributed by atoms with E-state index in [9.17, 15) is 19.5 Å². The van der Waals surface area contributed by atoms with Gasteiger partial charge in [0.2, 0.25) is 11.8 Å². The van der Waals surface area contributed by atoms with Crippen molar-refractivity contribution in [1.29, 1.82) is 0 Å². The third kappa shape index (κ3) is 7.57. The van der Waals surface area contributed by atoms with Crippen molar-refractivity contribution >= 4 is 29.2 Å². The van der Waals surface area contributed by atoms with Gasteiger partial charge in [0.05, 0.1) is 6.10 Å². The van der Waals surface area contributed by atoms with Gasteiger partial charge in [-0.3, -0.25) is 19.3 Å². The zero-order chi connectivity index (χ0) is 29.6. The number of rotatable bonds is 8. The normalized spacial score (nSPS) is 18.8. The molecule has 3 aliphatic heterocycles. The van der Waals surface area contributed by atoms with Gasteiger partial charge in [-0.25, -0.2) is 4.98 Å². The molecule has 42 heavy (non-hydrogen) atoms. The predicted octanol–water partition coefficient (Wildman–Crippen LogP) is 1.32. The van der Waals surface area contributed by atoms with Gasteiger partial charge < -0.3 is 30.4 Å². The molecule has 1 unspecified atom stereocenters. The molecule has 4 heterocycles. The van der Waals surface area contributed by atoms with Crippen LogP contribution < -0.4 is 15.5 Å². The highest BCUT2D eigenvalue weighted by Crippen LogP contribution is 2.24. The second-order valence-electron chi connectivity index (χ2n) is 11.6. The number of nitrogens with zero attached hydrogens (tertiary/aromatic N) is 5. The molecule has 11 nitrogen and oxygen atoms in total. The fourth-order valence-corrected chi connectivity index (χ4v) is 6.08. The van der Waals surface area contributed by atoms with E-state index in [0.29, 0.717) is 51.6 Å². The van der Waals surface area contributed by atoms with Crippen LogP contribution in [0.2, 0.25) is 0 Å². The quantitative estimate of drug-likeness (QED) is 0.430. The molecule has 5 rings (SSSR count). The molecule has 0 radical (unpaired) electrons. The van der Waals surface area contributed by atoms with Crippen molar-refractivity contribution < 1.29 is 19.5 Å². The topological polar surface area (TPSA) is 121 Å². The van der Waals surface area contributed by atoms with Crippen LogP contribution in [0.25, 0.3) is 0 Å². The summed E-state index contributed by atoms with van der Waals surface area (Å²) in [4.78, 5) is 49.6. The number of nitrogens with one attached hydrogen (secondary N) is 2. The first kappa shape index (κ1) is 29.8. The van der Waals surface area contributed by atoms with Crippen LogP contribution in [0.5, 0.6) is 0 Å². The van der Waals surface area contributed by atoms with Gasteiger partial charge in [-0.1, -0.05) is 24.3 Å². The number of aliphatic hydroxyl groups is 1. The van der Waals surface area contributed by atoms with Gasteiger partial charge in [-0.05, 0) is 36.5 Å². The molecule has 1 aromatic heterocycles. The van der Waals surface area contributed by atoms with E-state index in [1.165, 1.54) is 11.1 Å². The number of anilines is 2. The highest BCUT2D eigenvalue weighted by Gasteiger charge is 2.25. The van der Waals surface area contributed by atoms with Gasteiger partial charge in [0.15, 0.2) is 0 Å². The summed E-state index contributed by atoms with van der Waals surface area (Å²) in [6.45, 7) is 9.33. The van der Waals surface area contributed by atoms with E-state index < -0.39 is 6.10 Å². The van der Waals surface area contributed by atoms with Crippen molar-refractivity contribution in [2.45, 2.75) is 51.8 Å². The number of aliphatic hydroxyl groups excluding tert-OH is 1. The molecule has 0 spiro atoms. The number of carbonyl (C=O) groups is 3. The minimum Gasteiger partial charge on any atom is -0.390 e. The zero-order valence-corrected chi connectivity index (χ0v) is 24.7. The van der Waals surface area contributed by atoms with Crippen LogP contribution in [0.15, 0.2) is 36.4 Å². The molecule has 1 atom stereocenters. The van der Waals surface area contributed by atoms with Crippen molar-refractivity contribution in [1.82, 2.24) is 25.0 Å². The number of amides is 3. The summed E-state index contributed by atoms with van der Waals surface area (Å²) in [5.41, 5.74) is 3.73. The Balaban J connectivity index is 1.22. The highest BCUT2D eigenvalue weighted by atomic mass is 16.3.